The summed E-state index contributed by atoms with van der Waals surface area (Å²) in [5, 5.41) is 3.59. The number of benzene rings is 2. The molecule has 28 heavy (non-hydrogen) atoms. The highest BCUT2D eigenvalue weighted by atomic mass is 35.5. The summed E-state index contributed by atoms with van der Waals surface area (Å²) in [6.07, 6.45) is 4.57. The summed E-state index contributed by atoms with van der Waals surface area (Å²) in [4.78, 5) is 23.7. The Morgan fingerprint density at radius 3 is 2.68 bits per heavy atom. The maximum atomic E-state index is 11.8. The number of rotatable bonds is 6. The van der Waals surface area contributed by atoms with Gasteiger partial charge in [0.05, 0.1) is 16.5 Å². The number of thioether (sulfide) groups is 1. The molecule has 0 atom stereocenters. The summed E-state index contributed by atoms with van der Waals surface area (Å²) in [5.41, 5.74) is 1.98. The smallest absolute Gasteiger partial charge is 0.290 e. The van der Waals surface area contributed by atoms with Gasteiger partial charge in [0.15, 0.2) is 0 Å². The lowest BCUT2D eigenvalue weighted by Gasteiger charge is -2.09. The van der Waals surface area contributed by atoms with E-state index in [-0.39, 0.29) is 11.1 Å². The van der Waals surface area contributed by atoms with Crippen LogP contribution in [-0.4, -0.2) is 22.3 Å². The molecular weight excluding hydrogens is 396 g/mol. The van der Waals surface area contributed by atoms with E-state index < -0.39 is 0 Å². The second-order valence-electron chi connectivity index (χ2n) is 6.28. The molecular formula is C21H17ClN2O3S. The predicted molar refractivity (Wildman–Crippen MR) is 113 cm³/mol. The SMILES string of the molecule is O=C1NC(=O)/C(=C/c2cn(CCCOc3ccccc3Cl)c3ccccc23)S1. The Labute approximate surface area is 171 Å². The number of para-hydroxylation sites is 2. The molecule has 142 valence electrons. The van der Waals surface area contributed by atoms with Crippen LogP contribution in [-0.2, 0) is 11.3 Å². The first-order valence-electron chi connectivity index (χ1n) is 8.82. The lowest BCUT2D eigenvalue weighted by Crippen LogP contribution is -2.17. The fourth-order valence-electron chi connectivity index (χ4n) is 3.12. The molecule has 2 heterocycles. The third kappa shape index (κ3) is 3.93. The standard InChI is InChI=1S/C21H17ClN2O3S/c22-16-7-2-4-9-18(16)27-11-5-10-24-13-14(15-6-1-3-8-17(15)24)12-19-20(25)23-21(26)28-19/h1-4,6-9,12-13H,5,10-11H2,(H,23,25,26)/b19-12-. The quantitative estimate of drug-likeness (QED) is 0.452. The van der Waals surface area contributed by atoms with Crippen molar-refractivity contribution in [2.24, 2.45) is 0 Å². The van der Waals surface area contributed by atoms with Crippen molar-refractivity contribution in [3.05, 3.63) is 70.2 Å². The van der Waals surface area contributed by atoms with Gasteiger partial charge in [-0.05, 0) is 42.5 Å². The molecule has 7 heteroatoms. The number of ether oxygens (including phenoxy) is 1. The molecule has 5 nitrogen and oxygen atoms in total. The number of aryl methyl sites for hydroxylation is 1. The second kappa shape index (κ2) is 8.12. The number of fused-ring (bicyclic) bond motifs is 1. The van der Waals surface area contributed by atoms with Crippen LogP contribution in [0.5, 0.6) is 5.75 Å². The van der Waals surface area contributed by atoms with Crippen LogP contribution < -0.4 is 10.1 Å². The lowest BCUT2D eigenvalue weighted by molar-refractivity contribution is -0.115. The largest absolute Gasteiger partial charge is 0.492 e. The van der Waals surface area contributed by atoms with Gasteiger partial charge in [-0.3, -0.25) is 14.9 Å². The van der Waals surface area contributed by atoms with Gasteiger partial charge in [0.1, 0.15) is 5.75 Å². The first kappa shape index (κ1) is 18.7. The fourth-order valence-corrected chi connectivity index (χ4v) is 3.98. The first-order valence-corrected chi connectivity index (χ1v) is 10.0. The molecule has 0 bridgehead atoms. The van der Waals surface area contributed by atoms with Crippen molar-refractivity contribution in [1.82, 2.24) is 9.88 Å². The van der Waals surface area contributed by atoms with E-state index in [1.165, 1.54) is 0 Å². The maximum absolute atomic E-state index is 11.8. The molecule has 2 amide bonds. The highest BCUT2D eigenvalue weighted by Crippen LogP contribution is 2.30. The molecule has 0 unspecified atom stereocenters. The first-order chi connectivity index (χ1) is 13.6. The van der Waals surface area contributed by atoms with Crippen LogP contribution in [0.4, 0.5) is 4.79 Å². The van der Waals surface area contributed by atoms with Crippen molar-refractivity contribution in [1.29, 1.82) is 0 Å². The summed E-state index contributed by atoms with van der Waals surface area (Å²) in [7, 11) is 0. The minimum Gasteiger partial charge on any atom is -0.492 e. The number of carbonyl (C=O) groups is 2. The summed E-state index contributed by atoms with van der Waals surface area (Å²) in [5.74, 6) is 0.334. The number of imide groups is 1. The van der Waals surface area contributed by atoms with E-state index in [1.807, 2.05) is 48.7 Å². The number of halogens is 1. The molecule has 4 rings (SSSR count). The molecule has 2 aromatic carbocycles. The topological polar surface area (TPSA) is 60.3 Å². The van der Waals surface area contributed by atoms with Gasteiger partial charge >= 0.3 is 0 Å². The van der Waals surface area contributed by atoms with E-state index in [1.54, 1.807) is 12.1 Å². The summed E-state index contributed by atoms with van der Waals surface area (Å²) < 4.78 is 7.90. The van der Waals surface area contributed by atoms with Gasteiger partial charge in [-0.15, -0.1) is 0 Å². The molecule has 3 aromatic rings. The molecule has 0 aliphatic carbocycles. The molecule has 0 spiro atoms. The van der Waals surface area contributed by atoms with Crippen LogP contribution in [0.3, 0.4) is 0 Å². The van der Waals surface area contributed by atoms with Crippen LogP contribution in [0, 0.1) is 0 Å². The number of nitrogens with one attached hydrogen (secondary N) is 1. The monoisotopic (exact) mass is 412 g/mol. The minimum absolute atomic E-state index is 0.336. The van der Waals surface area contributed by atoms with E-state index in [9.17, 15) is 9.59 Å². The zero-order chi connectivity index (χ0) is 19.5. The minimum atomic E-state index is -0.347. The molecule has 1 N–H and O–H groups in total. The summed E-state index contributed by atoms with van der Waals surface area (Å²) in [6.45, 7) is 1.30. The lowest BCUT2D eigenvalue weighted by atomic mass is 10.1. The Morgan fingerprint density at radius 2 is 1.89 bits per heavy atom. The number of hydrogen-bond donors (Lipinski definition) is 1. The van der Waals surface area contributed by atoms with Crippen LogP contribution >= 0.6 is 23.4 Å². The van der Waals surface area contributed by atoms with Crippen LogP contribution in [0.25, 0.3) is 17.0 Å². The number of aromatic nitrogens is 1. The van der Waals surface area contributed by atoms with Crippen molar-refractivity contribution in [3.63, 3.8) is 0 Å². The second-order valence-corrected chi connectivity index (χ2v) is 7.70. The number of carbonyl (C=O) groups excluding carboxylic acids is 2. The molecule has 1 fully saturated rings. The van der Waals surface area contributed by atoms with E-state index >= 15 is 0 Å². The molecule has 0 saturated carbocycles. The van der Waals surface area contributed by atoms with Crippen LogP contribution in [0.15, 0.2) is 59.6 Å². The molecule has 1 saturated heterocycles. The number of nitrogens with zero attached hydrogens (tertiary/aromatic N) is 1. The van der Waals surface area contributed by atoms with E-state index in [0.29, 0.717) is 22.3 Å². The van der Waals surface area contributed by atoms with Crippen LogP contribution in [0.2, 0.25) is 5.02 Å². The van der Waals surface area contributed by atoms with Crippen LogP contribution in [0.1, 0.15) is 12.0 Å². The number of amides is 2. The summed E-state index contributed by atoms with van der Waals surface area (Å²) >= 11 is 7.04. The van der Waals surface area contributed by atoms with E-state index in [2.05, 4.69) is 9.88 Å². The fraction of sp³-hybridized carbons (Fsp3) is 0.143. The molecule has 1 aliphatic heterocycles. The van der Waals surface area contributed by atoms with Crippen molar-refractivity contribution >= 4 is 51.5 Å². The molecule has 1 aromatic heterocycles. The molecule has 0 radical (unpaired) electrons. The van der Waals surface area contributed by atoms with E-state index in [4.69, 9.17) is 16.3 Å². The zero-order valence-corrected chi connectivity index (χ0v) is 16.4. The summed E-state index contributed by atoms with van der Waals surface area (Å²) in [6, 6.07) is 15.4. The highest BCUT2D eigenvalue weighted by molar-refractivity contribution is 8.18. The van der Waals surface area contributed by atoms with Gasteiger partial charge in [0, 0.05) is 29.2 Å². The van der Waals surface area contributed by atoms with Gasteiger partial charge in [-0.25, -0.2) is 0 Å². The predicted octanol–water partition coefficient (Wildman–Crippen LogP) is 5.09. The van der Waals surface area contributed by atoms with E-state index in [0.717, 1.165) is 41.2 Å². The Morgan fingerprint density at radius 1 is 1.11 bits per heavy atom. The van der Waals surface area contributed by atoms with Gasteiger partial charge in [-0.2, -0.15) is 0 Å². The Kier molecular flexibility index (Phi) is 5.41. The van der Waals surface area contributed by atoms with Crippen molar-refractivity contribution < 1.29 is 14.3 Å². The zero-order valence-electron chi connectivity index (χ0n) is 14.9. The average Bonchev–Trinajstić information content (AvgIpc) is 3.20. The average molecular weight is 413 g/mol. The van der Waals surface area contributed by atoms with Crippen molar-refractivity contribution in [2.75, 3.05) is 6.61 Å². The van der Waals surface area contributed by atoms with Crippen molar-refractivity contribution in [2.45, 2.75) is 13.0 Å². The van der Waals surface area contributed by atoms with Crippen molar-refractivity contribution in [3.8, 4) is 5.75 Å². The van der Waals surface area contributed by atoms with Gasteiger partial charge in [0.2, 0.25) is 0 Å². The Bertz CT molecular complexity index is 1090. The molecule has 1 aliphatic rings. The number of hydrogen-bond acceptors (Lipinski definition) is 4. The third-order valence-electron chi connectivity index (χ3n) is 4.39. The normalized spacial score (nSPS) is 15.4. The highest BCUT2D eigenvalue weighted by Gasteiger charge is 2.25. The van der Waals surface area contributed by atoms with Gasteiger partial charge in [-0.1, -0.05) is 41.9 Å². The van der Waals surface area contributed by atoms with Gasteiger partial charge < -0.3 is 9.30 Å². The Balaban J connectivity index is 1.50. The third-order valence-corrected chi connectivity index (χ3v) is 5.51. The Hall–Kier alpha value is -2.70. The maximum Gasteiger partial charge on any atom is 0.290 e. The van der Waals surface area contributed by atoms with Gasteiger partial charge in [0.25, 0.3) is 11.1 Å².